The van der Waals surface area contributed by atoms with Gasteiger partial charge in [0.15, 0.2) is 0 Å². The maximum absolute atomic E-state index is 11.3. The van der Waals surface area contributed by atoms with E-state index in [9.17, 15) is 4.21 Å². The summed E-state index contributed by atoms with van der Waals surface area (Å²) in [5, 5.41) is 4.47. The molecule has 2 rings (SSSR count). The lowest BCUT2D eigenvalue weighted by molar-refractivity contribution is 0.527. The molecule has 0 aromatic carbocycles. The van der Waals surface area contributed by atoms with Crippen molar-refractivity contribution >= 4 is 10.8 Å². The second kappa shape index (κ2) is 3.25. The van der Waals surface area contributed by atoms with Crippen LogP contribution >= 0.6 is 0 Å². The summed E-state index contributed by atoms with van der Waals surface area (Å²) in [6, 6.07) is 0.402. The smallest absolute Gasteiger partial charge is 0.0675 e. The Balaban J connectivity index is 2.33. The second-order valence-corrected chi connectivity index (χ2v) is 5.29. The van der Waals surface area contributed by atoms with Crippen molar-refractivity contribution in [2.45, 2.75) is 32.1 Å². The molecule has 1 unspecified atom stereocenters. The van der Waals surface area contributed by atoms with E-state index in [-0.39, 0.29) is 0 Å². The average molecular weight is 198 g/mol. The summed E-state index contributed by atoms with van der Waals surface area (Å²) in [5.74, 6) is 1.48. The zero-order valence-corrected chi connectivity index (χ0v) is 8.80. The van der Waals surface area contributed by atoms with Crippen LogP contribution in [0.5, 0.6) is 0 Å². The molecule has 0 bridgehead atoms. The van der Waals surface area contributed by atoms with Gasteiger partial charge in [0, 0.05) is 40.8 Å². The van der Waals surface area contributed by atoms with Gasteiger partial charge in [-0.2, -0.15) is 5.10 Å². The monoisotopic (exact) mass is 198 g/mol. The first-order valence-electron chi connectivity index (χ1n) is 4.58. The standard InChI is InChI=1S/C9H14N2OS/c1-7(2)11-5-8-6-13(12)4-3-9(8)10-11/h5,7H,3-4,6H2,1-2H3. The lowest BCUT2D eigenvalue weighted by Crippen LogP contribution is -2.11. The molecule has 1 atom stereocenters. The zero-order chi connectivity index (χ0) is 9.42. The molecule has 0 saturated heterocycles. The molecule has 1 aliphatic rings. The molecule has 1 aliphatic heterocycles. The Morgan fingerprint density at radius 2 is 2.38 bits per heavy atom. The minimum absolute atomic E-state index is 0.402. The molecular weight excluding hydrogens is 184 g/mol. The lowest BCUT2D eigenvalue weighted by Gasteiger charge is -2.07. The van der Waals surface area contributed by atoms with Crippen molar-refractivity contribution in [3.05, 3.63) is 17.5 Å². The van der Waals surface area contributed by atoms with Gasteiger partial charge in [-0.05, 0) is 13.8 Å². The number of hydrogen-bond acceptors (Lipinski definition) is 2. The average Bonchev–Trinajstić information content (AvgIpc) is 2.46. The highest BCUT2D eigenvalue weighted by atomic mass is 32.2. The number of fused-ring (bicyclic) bond motifs is 1. The Morgan fingerprint density at radius 1 is 1.62 bits per heavy atom. The molecule has 1 aromatic heterocycles. The molecule has 72 valence electrons. The Morgan fingerprint density at radius 3 is 3.08 bits per heavy atom. The van der Waals surface area contributed by atoms with Gasteiger partial charge in [0.1, 0.15) is 0 Å². The summed E-state index contributed by atoms with van der Waals surface area (Å²) < 4.78 is 13.2. The Kier molecular flexibility index (Phi) is 2.24. The molecular formula is C9H14N2OS. The van der Waals surface area contributed by atoms with Gasteiger partial charge in [-0.15, -0.1) is 0 Å². The number of aryl methyl sites for hydroxylation is 1. The van der Waals surface area contributed by atoms with Gasteiger partial charge in [-0.3, -0.25) is 8.89 Å². The van der Waals surface area contributed by atoms with Crippen LogP contribution < -0.4 is 0 Å². The van der Waals surface area contributed by atoms with Crippen molar-refractivity contribution in [2.24, 2.45) is 0 Å². The van der Waals surface area contributed by atoms with Crippen molar-refractivity contribution in [3.63, 3.8) is 0 Å². The molecule has 1 aromatic rings. The minimum atomic E-state index is -0.655. The van der Waals surface area contributed by atoms with E-state index in [0.717, 1.165) is 17.9 Å². The minimum Gasteiger partial charge on any atom is -0.270 e. The fourth-order valence-electron chi connectivity index (χ4n) is 1.52. The van der Waals surface area contributed by atoms with Crippen LogP contribution in [0.1, 0.15) is 31.1 Å². The topological polar surface area (TPSA) is 34.9 Å². The van der Waals surface area contributed by atoms with Crippen LogP contribution in [-0.2, 0) is 23.0 Å². The van der Waals surface area contributed by atoms with E-state index in [1.165, 1.54) is 5.56 Å². The Bertz CT molecular complexity index is 343. The van der Waals surface area contributed by atoms with Gasteiger partial charge in [-0.25, -0.2) is 0 Å². The predicted molar refractivity (Wildman–Crippen MR) is 53.0 cm³/mol. The zero-order valence-electron chi connectivity index (χ0n) is 7.99. The van der Waals surface area contributed by atoms with Crippen molar-refractivity contribution in [2.75, 3.05) is 5.75 Å². The quantitative estimate of drug-likeness (QED) is 0.681. The van der Waals surface area contributed by atoms with Gasteiger partial charge in [0.05, 0.1) is 11.4 Å². The highest BCUT2D eigenvalue weighted by Crippen LogP contribution is 2.18. The van der Waals surface area contributed by atoms with Crippen LogP contribution in [0.2, 0.25) is 0 Å². The van der Waals surface area contributed by atoms with E-state index in [4.69, 9.17) is 0 Å². The SMILES string of the molecule is CC(C)n1cc2c(n1)CCS(=O)C2. The van der Waals surface area contributed by atoms with Gasteiger partial charge in [0.25, 0.3) is 0 Å². The summed E-state index contributed by atoms with van der Waals surface area (Å²) in [7, 11) is -0.655. The van der Waals surface area contributed by atoms with Crippen molar-refractivity contribution < 1.29 is 4.21 Å². The van der Waals surface area contributed by atoms with E-state index in [0.29, 0.717) is 11.8 Å². The molecule has 13 heavy (non-hydrogen) atoms. The van der Waals surface area contributed by atoms with Crippen molar-refractivity contribution in [3.8, 4) is 0 Å². The first-order chi connectivity index (χ1) is 6.16. The Labute approximate surface area is 80.6 Å². The van der Waals surface area contributed by atoms with Gasteiger partial charge < -0.3 is 0 Å². The van der Waals surface area contributed by atoms with Crippen LogP contribution in [0.25, 0.3) is 0 Å². The summed E-state index contributed by atoms with van der Waals surface area (Å²) in [4.78, 5) is 0. The summed E-state index contributed by atoms with van der Waals surface area (Å²) in [5.41, 5.74) is 2.33. The summed E-state index contributed by atoms with van der Waals surface area (Å²) in [6.07, 6.45) is 2.92. The number of rotatable bonds is 1. The molecule has 0 saturated carbocycles. The highest BCUT2D eigenvalue weighted by molar-refractivity contribution is 7.84. The lowest BCUT2D eigenvalue weighted by atomic mass is 10.2. The van der Waals surface area contributed by atoms with E-state index < -0.39 is 10.8 Å². The number of hydrogen-bond donors (Lipinski definition) is 0. The molecule has 3 nitrogen and oxygen atoms in total. The maximum atomic E-state index is 11.3. The first-order valence-corrected chi connectivity index (χ1v) is 6.07. The normalized spacial score (nSPS) is 21.9. The summed E-state index contributed by atoms with van der Waals surface area (Å²) >= 11 is 0. The molecule has 0 fully saturated rings. The maximum Gasteiger partial charge on any atom is 0.0675 e. The van der Waals surface area contributed by atoms with Crippen LogP contribution in [0.15, 0.2) is 6.20 Å². The Hall–Kier alpha value is -0.640. The molecule has 0 amide bonds. The van der Waals surface area contributed by atoms with E-state index in [1.807, 2.05) is 10.9 Å². The van der Waals surface area contributed by atoms with Crippen molar-refractivity contribution in [1.82, 2.24) is 9.78 Å². The van der Waals surface area contributed by atoms with Crippen LogP contribution in [0.3, 0.4) is 0 Å². The molecule has 4 heteroatoms. The summed E-state index contributed by atoms with van der Waals surface area (Å²) in [6.45, 7) is 4.21. The van der Waals surface area contributed by atoms with Gasteiger partial charge in [-0.1, -0.05) is 0 Å². The molecule has 0 aliphatic carbocycles. The van der Waals surface area contributed by atoms with Gasteiger partial charge in [0.2, 0.25) is 0 Å². The third-order valence-corrected chi connectivity index (χ3v) is 3.60. The van der Waals surface area contributed by atoms with Gasteiger partial charge >= 0.3 is 0 Å². The molecule has 2 heterocycles. The molecule has 0 radical (unpaired) electrons. The largest absolute Gasteiger partial charge is 0.270 e. The van der Waals surface area contributed by atoms with Crippen LogP contribution in [0.4, 0.5) is 0 Å². The third kappa shape index (κ3) is 1.68. The van der Waals surface area contributed by atoms with Crippen molar-refractivity contribution in [1.29, 1.82) is 0 Å². The number of aromatic nitrogens is 2. The van der Waals surface area contributed by atoms with Crippen LogP contribution in [-0.4, -0.2) is 19.7 Å². The van der Waals surface area contributed by atoms with E-state index >= 15 is 0 Å². The fourth-order valence-corrected chi connectivity index (χ4v) is 2.67. The number of nitrogens with zero attached hydrogens (tertiary/aromatic N) is 2. The van der Waals surface area contributed by atoms with E-state index in [2.05, 4.69) is 18.9 Å². The molecule has 0 N–H and O–H groups in total. The third-order valence-electron chi connectivity index (χ3n) is 2.31. The second-order valence-electron chi connectivity index (χ2n) is 3.71. The fraction of sp³-hybridized carbons (Fsp3) is 0.667. The van der Waals surface area contributed by atoms with E-state index in [1.54, 1.807) is 0 Å². The highest BCUT2D eigenvalue weighted by Gasteiger charge is 2.18. The predicted octanol–water partition coefficient (Wildman–Crippen LogP) is 1.27. The first kappa shape index (κ1) is 8.94. The molecule has 0 spiro atoms. The van der Waals surface area contributed by atoms with Crippen LogP contribution in [0, 0.1) is 0 Å².